The third-order valence-corrected chi connectivity index (χ3v) is 9.24. The number of allylic oxidation sites excluding steroid dienone is 1. The molecule has 5 aromatic rings. The molecule has 0 amide bonds. The van der Waals surface area contributed by atoms with Crippen molar-refractivity contribution in [2.45, 2.75) is 13.0 Å². The summed E-state index contributed by atoms with van der Waals surface area (Å²) in [5, 5.41) is 6.82. The first-order valence-electron chi connectivity index (χ1n) is 12.5. The number of para-hydroxylation sites is 1. The van der Waals surface area contributed by atoms with E-state index in [0.29, 0.717) is 32.0 Å². The molecule has 4 heterocycles. The third kappa shape index (κ3) is 4.90. The fourth-order valence-corrected chi connectivity index (χ4v) is 7.20. The highest BCUT2D eigenvalue weighted by molar-refractivity contribution is 9.10. The highest BCUT2D eigenvalue weighted by Crippen LogP contribution is 2.34. The average Bonchev–Trinajstić information content (AvgIpc) is 3.73. The summed E-state index contributed by atoms with van der Waals surface area (Å²) in [5.41, 5.74) is 3.84. The van der Waals surface area contributed by atoms with Crippen LogP contribution in [0.5, 0.6) is 5.75 Å². The lowest BCUT2D eigenvalue weighted by Gasteiger charge is -2.22. The number of hydrogen-bond donors (Lipinski definition) is 0. The standard InChI is InChI=1S/C30H23BrN4O4S2/c1-17-25(29(37)39-3)27(23-10-7-13-40-23)35-28(36)24(41-30(35)32-17)15-19-16-34(20-8-5-4-6-9-20)33-26(19)18-11-12-22(38-2)21(31)14-18/h4-16,27H,1-3H3. The Morgan fingerprint density at radius 3 is 2.59 bits per heavy atom. The van der Waals surface area contributed by atoms with Gasteiger partial charge >= 0.3 is 5.97 Å². The van der Waals surface area contributed by atoms with Crippen molar-refractivity contribution >= 4 is 50.6 Å². The van der Waals surface area contributed by atoms with Gasteiger partial charge in [0.15, 0.2) is 4.80 Å². The molecule has 1 aliphatic rings. The number of fused-ring (bicyclic) bond motifs is 1. The van der Waals surface area contributed by atoms with Gasteiger partial charge in [0.2, 0.25) is 0 Å². The van der Waals surface area contributed by atoms with Gasteiger partial charge in [0.1, 0.15) is 17.5 Å². The number of ether oxygens (including phenoxy) is 2. The summed E-state index contributed by atoms with van der Waals surface area (Å²) in [4.78, 5) is 32.9. The number of benzene rings is 2. The van der Waals surface area contributed by atoms with E-state index in [9.17, 15) is 9.59 Å². The lowest BCUT2D eigenvalue weighted by molar-refractivity contribution is -0.136. The minimum absolute atomic E-state index is 0.240. The van der Waals surface area contributed by atoms with Crippen LogP contribution >= 0.6 is 38.6 Å². The molecule has 6 rings (SSSR count). The summed E-state index contributed by atoms with van der Waals surface area (Å²) < 4.78 is 15.2. The number of methoxy groups -OCH3 is 2. The molecule has 0 aliphatic carbocycles. The van der Waals surface area contributed by atoms with E-state index in [-0.39, 0.29) is 5.56 Å². The van der Waals surface area contributed by atoms with E-state index in [4.69, 9.17) is 14.6 Å². The molecule has 206 valence electrons. The maximum Gasteiger partial charge on any atom is 0.338 e. The molecule has 0 saturated carbocycles. The van der Waals surface area contributed by atoms with Crippen LogP contribution in [0.3, 0.4) is 0 Å². The Morgan fingerprint density at radius 1 is 1.10 bits per heavy atom. The number of nitrogens with zero attached hydrogens (tertiary/aromatic N) is 4. The normalized spacial score (nSPS) is 15.0. The Hall–Kier alpha value is -4.06. The van der Waals surface area contributed by atoms with Gasteiger partial charge in [0, 0.05) is 22.2 Å². The number of thiazole rings is 1. The molecule has 0 radical (unpaired) electrons. The quantitative estimate of drug-likeness (QED) is 0.240. The smallest absolute Gasteiger partial charge is 0.338 e. The zero-order chi connectivity index (χ0) is 28.7. The second-order valence-corrected chi connectivity index (χ2v) is 12.0. The number of aromatic nitrogens is 3. The minimum Gasteiger partial charge on any atom is -0.496 e. The SMILES string of the molecule is COC(=O)C1=C(C)N=c2sc(=Cc3cn(-c4ccccc4)nc3-c3ccc(OC)c(Br)c3)c(=O)n2C1c1cccs1. The van der Waals surface area contributed by atoms with Crippen LogP contribution in [0.1, 0.15) is 23.4 Å². The first kappa shape index (κ1) is 27.1. The average molecular weight is 648 g/mol. The molecular formula is C30H23BrN4O4S2. The van der Waals surface area contributed by atoms with Gasteiger partial charge in [-0.05, 0) is 70.7 Å². The lowest BCUT2D eigenvalue weighted by Crippen LogP contribution is -2.39. The van der Waals surface area contributed by atoms with Crippen molar-refractivity contribution in [2.75, 3.05) is 14.2 Å². The van der Waals surface area contributed by atoms with E-state index in [1.165, 1.54) is 29.8 Å². The number of carbonyl (C=O) groups is 1. The fourth-order valence-electron chi connectivity index (χ4n) is 4.79. The summed E-state index contributed by atoms with van der Waals surface area (Å²) >= 11 is 6.34. The van der Waals surface area contributed by atoms with Gasteiger partial charge in [-0.1, -0.05) is 35.6 Å². The first-order chi connectivity index (χ1) is 19.9. The molecule has 3 aromatic heterocycles. The van der Waals surface area contributed by atoms with Gasteiger partial charge in [-0.3, -0.25) is 9.36 Å². The van der Waals surface area contributed by atoms with E-state index >= 15 is 0 Å². The first-order valence-corrected chi connectivity index (χ1v) is 15.0. The molecule has 0 spiro atoms. The molecule has 1 atom stereocenters. The predicted molar refractivity (Wildman–Crippen MR) is 163 cm³/mol. The Balaban J connectivity index is 1.56. The van der Waals surface area contributed by atoms with E-state index in [1.54, 1.807) is 23.3 Å². The Labute approximate surface area is 251 Å². The summed E-state index contributed by atoms with van der Waals surface area (Å²) in [6, 6.07) is 18.7. The zero-order valence-corrected chi connectivity index (χ0v) is 25.4. The van der Waals surface area contributed by atoms with Crippen molar-refractivity contribution in [3.63, 3.8) is 0 Å². The summed E-state index contributed by atoms with van der Waals surface area (Å²) in [6.07, 6.45) is 3.75. The number of rotatable bonds is 6. The molecule has 8 nitrogen and oxygen atoms in total. The lowest BCUT2D eigenvalue weighted by atomic mass is 10.0. The van der Waals surface area contributed by atoms with Crippen molar-refractivity contribution < 1.29 is 14.3 Å². The van der Waals surface area contributed by atoms with Crippen LogP contribution in [0.15, 0.2) is 97.8 Å². The summed E-state index contributed by atoms with van der Waals surface area (Å²) in [6.45, 7) is 1.77. The van der Waals surface area contributed by atoms with E-state index < -0.39 is 12.0 Å². The highest BCUT2D eigenvalue weighted by atomic mass is 79.9. The number of thiophene rings is 1. The van der Waals surface area contributed by atoms with Crippen LogP contribution < -0.4 is 19.6 Å². The summed E-state index contributed by atoms with van der Waals surface area (Å²) in [7, 11) is 2.95. The summed E-state index contributed by atoms with van der Waals surface area (Å²) in [5.74, 6) is 0.201. The van der Waals surface area contributed by atoms with E-state index in [1.807, 2.05) is 78.3 Å². The zero-order valence-electron chi connectivity index (χ0n) is 22.2. The maximum absolute atomic E-state index is 14.0. The molecule has 0 bridgehead atoms. The molecule has 1 unspecified atom stereocenters. The Morgan fingerprint density at radius 2 is 1.90 bits per heavy atom. The van der Waals surface area contributed by atoms with Crippen LogP contribution in [0.25, 0.3) is 23.0 Å². The van der Waals surface area contributed by atoms with Gasteiger partial charge < -0.3 is 9.47 Å². The number of carbonyl (C=O) groups excluding carboxylic acids is 1. The minimum atomic E-state index is -0.620. The van der Waals surface area contributed by atoms with Gasteiger partial charge in [0.25, 0.3) is 5.56 Å². The predicted octanol–water partition coefficient (Wildman–Crippen LogP) is 5.09. The van der Waals surface area contributed by atoms with Gasteiger partial charge in [-0.15, -0.1) is 11.3 Å². The van der Waals surface area contributed by atoms with Gasteiger partial charge in [-0.2, -0.15) is 5.10 Å². The molecular weight excluding hydrogens is 624 g/mol. The Kier molecular flexibility index (Phi) is 7.33. The second-order valence-electron chi connectivity index (χ2n) is 9.15. The van der Waals surface area contributed by atoms with E-state index in [0.717, 1.165) is 26.2 Å². The van der Waals surface area contributed by atoms with Crippen LogP contribution in [-0.2, 0) is 9.53 Å². The fraction of sp³-hybridized carbons (Fsp3) is 0.133. The third-order valence-electron chi connectivity index (χ3n) is 6.71. The van der Waals surface area contributed by atoms with Gasteiger partial charge in [0.05, 0.1) is 40.2 Å². The second kappa shape index (κ2) is 11.1. The van der Waals surface area contributed by atoms with Crippen LogP contribution in [0.4, 0.5) is 0 Å². The molecule has 0 N–H and O–H groups in total. The monoisotopic (exact) mass is 646 g/mol. The molecule has 0 fully saturated rings. The van der Waals surface area contributed by atoms with Crippen molar-refractivity contribution in [3.05, 3.63) is 118 Å². The van der Waals surface area contributed by atoms with Crippen LogP contribution in [0.2, 0.25) is 0 Å². The van der Waals surface area contributed by atoms with Crippen LogP contribution in [0, 0.1) is 0 Å². The van der Waals surface area contributed by atoms with Crippen molar-refractivity contribution in [2.24, 2.45) is 4.99 Å². The number of halogens is 1. The maximum atomic E-state index is 14.0. The van der Waals surface area contributed by atoms with Gasteiger partial charge in [-0.25, -0.2) is 14.5 Å². The van der Waals surface area contributed by atoms with Crippen molar-refractivity contribution in [1.82, 2.24) is 14.3 Å². The molecule has 11 heteroatoms. The number of hydrogen-bond acceptors (Lipinski definition) is 8. The largest absolute Gasteiger partial charge is 0.496 e. The highest BCUT2D eigenvalue weighted by Gasteiger charge is 2.33. The molecule has 2 aromatic carbocycles. The van der Waals surface area contributed by atoms with Crippen molar-refractivity contribution in [1.29, 1.82) is 0 Å². The number of esters is 1. The molecule has 41 heavy (non-hydrogen) atoms. The molecule has 0 saturated heterocycles. The van der Waals surface area contributed by atoms with Crippen molar-refractivity contribution in [3.8, 4) is 22.7 Å². The van der Waals surface area contributed by atoms with Crippen LogP contribution in [-0.4, -0.2) is 34.5 Å². The Bertz CT molecular complexity index is 1990. The molecule has 1 aliphatic heterocycles. The van der Waals surface area contributed by atoms with E-state index in [2.05, 4.69) is 20.9 Å². The topological polar surface area (TPSA) is 87.7 Å².